The van der Waals surface area contributed by atoms with Crippen molar-refractivity contribution in [1.82, 2.24) is 25.1 Å². The number of aromatic nitrogens is 2. The van der Waals surface area contributed by atoms with Crippen LogP contribution >= 0.6 is 0 Å². The zero-order valence-corrected chi connectivity index (χ0v) is 20.0. The Balaban J connectivity index is 1.39. The quantitative estimate of drug-likeness (QED) is 0.495. The summed E-state index contributed by atoms with van der Waals surface area (Å²) in [6.07, 6.45) is 4.87. The molecule has 0 bridgehead atoms. The number of carbonyl (C=O) groups is 1. The van der Waals surface area contributed by atoms with Crippen molar-refractivity contribution >= 4 is 5.91 Å². The Morgan fingerprint density at radius 1 is 1.18 bits per heavy atom. The van der Waals surface area contributed by atoms with E-state index in [1.807, 2.05) is 12.1 Å². The fourth-order valence-electron chi connectivity index (χ4n) is 4.04. The fraction of sp³-hybridized carbons (Fsp3) is 0.423. The van der Waals surface area contributed by atoms with Crippen LogP contribution in [0, 0.1) is 13.8 Å². The molecular formula is C26H33N5O3. The van der Waals surface area contributed by atoms with Crippen LogP contribution in [0.5, 0.6) is 0 Å². The van der Waals surface area contributed by atoms with Gasteiger partial charge in [-0.1, -0.05) is 29.8 Å². The second kappa shape index (κ2) is 11.9. The topological polar surface area (TPSA) is 83.7 Å². The van der Waals surface area contributed by atoms with Gasteiger partial charge in [0.1, 0.15) is 6.26 Å². The lowest BCUT2D eigenvalue weighted by atomic mass is 10.1. The predicted octanol–water partition coefficient (Wildman–Crippen LogP) is 2.95. The third-order valence-corrected chi connectivity index (χ3v) is 6.05. The smallest absolute Gasteiger partial charge is 0.273 e. The van der Waals surface area contributed by atoms with Gasteiger partial charge < -0.3 is 14.5 Å². The molecule has 1 N–H and O–H groups in total. The van der Waals surface area contributed by atoms with Crippen molar-refractivity contribution in [3.63, 3.8) is 0 Å². The number of pyridine rings is 1. The molecule has 34 heavy (non-hydrogen) atoms. The summed E-state index contributed by atoms with van der Waals surface area (Å²) in [7, 11) is 0. The Morgan fingerprint density at radius 3 is 2.79 bits per heavy atom. The molecule has 180 valence electrons. The van der Waals surface area contributed by atoms with Gasteiger partial charge >= 0.3 is 0 Å². The predicted molar refractivity (Wildman–Crippen MR) is 129 cm³/mol. The highest BCUT2D eigenvalue weighted by atomic mass is 16.5. The number of morpholine rings is 1. The molecule has 8 heteroatoms. The minimum Gasteiger partial charge on any atom is -0.447 e. The number of benzene rings is 1. The first kappa shape index (κ1) is 24.1. The van der Waals surface area contributed by atoms with Crippen LogP contribution < -0.4 is 5.32 Å². The Morgan fingerprint density at radius 2 is 2.03 bits per heavy atom. The second-order valence-corrected chi connectivity index (χ2v) is 8.77. The molecule has 3 heterocycles. The highest BCUT2D eigenvalue weighted by molar-refractivity contribution is 5.91. The lowest BCUT2D eigenvalue weighted by molar-refractivity contribution is 0.0320. The van der Waals surface area contributed by atoms with Crippen LogP contribution in [0.4, 0.5) is 0 Å². The average molecular weight is 464 g/mol. The SMILES string of the molecule is Cc1ccc(CN(CCN2CCOCC2)Cc2nc(C(=O)NCc3cccnc3)co2)c(C)c1. The van der Waals surface area contributed by atoms with Crippen molar-refractivity contribution in [2.24, 2.45) is 0 Å². The number of nitrogens with zero attached hydrogens (tertiary/aromatic N) is 4. The molecule has 8 nitrogen and oxygen atoms in total. The summed E-state index contributed by atoms with van der Waals surface area (Å²) >= 11 is 0. The molecule has 0 unspecified atom stereocenters. The maximum Gasteiger partial charge on any atom is 0.273 e. The van der Waals surface area contributed by atoms with Gasteiger partial charge in [0.05, 0.1) is 19.8 Å². The summed E-state index contributed by atoms with van der Waals surface area (Å²) < 4.78 is 11.2. The van der Waals surface area contributed by atoms with Gasteiger partial charge in [0.2, 0.25) is 5.89 Å². The van der Waals surface area contributed by atoms with Crippen LogP contribution in [0.15, 0.2) is 53.4 Å². The number of ether oxygens (including phenoxy) is 1. The van der Waals surface area contributed by atoms with E-state index in [1.165, 1.54) is 23.0 Å². The van der Waals surface area contributed by atoms with E-state index < -0.39 is 0 Å². The van der Waals surface area contributed by atoms with Crippen LogP contribution in [0.1, 0.15) is 38.6 Å². The monoisotopic (exact) mass is 463 g/mol. The lowest BCUT2D eigenvalue weighted by Crippen LogP contribution is -2.41. The Hall–Kier alpha value is -3.07. The van der Waals surface area contributed by atoms with E-state index >= 15 is 0 Å². The van der Waals surface area contributed by atoms with Gasteiger partial charge in [-0.25, -0.2) is 4.98 Å². The molecule has 0 radical (unpaired) electrons. The number of rotatable bonds is 10. The Kier molecular flexibility index (Phi) is 8.41. The van der Waals surface area contributed by atoms with Crippen LogP contribution in [-0.4, -0.2) is 65.1 Å². The third-order valence-electron chi connectivity index (χ3n) is 6.05. The molecule has 0 spiro atoms. The zero-order chi connectivity index (χ0) is 23.8. The number of oxazole rings is 1. The Labute approximate surface area is 200 Å². The van der Waals surface area contributed by atoms with Crippen LogP contribution in [0.2, 0.25) is 0 Å². The van der Waals surface area contributed by atoms with Crippen molar-refractivity contribution in [3.8, 4) is 0 Å². The van der Waals surface area contributed by atoms with Crippen molar-refractivity contribution < 1.29 is 13.9 Å². The summed E-state index contributed by atoms with van der Waals surface area (Å²) in [6.45, 7) is 11.3. The van der Waals surface area contributed by atoms with Gasteiger partial charge in [-0.15, -0.1) is 0 Å². The number of aryl methyl sites for hydroxylation is 2. The van der Waals surface area contributed by atoms with Gasteiger partial charge in [0.25, 0.3) is 5.91 Å². The second-order valence-electron chi connectivity index (χ2n) is 8.77. The zero-order valence-electron chi connectivity index (χ0n) is 20.0. The molecule has 4 rings (SSSR count). The maximum atomic E-state index is 12.5. The van der Waals surface area contributed by atoms with Crippen molar-refractivity contribution in [1.29, 1.82) is 0 Å². The minimum absolute atomic E-state index is 0.256. The van der Waals surface area contributed by atoms with E-state index in [2.05, 4.69) is 57.1 Å². The van der Waals surface area contributed by atoms with E-state index in [9.17, 15) is 4.79 Å². The van der Waals surface area contributed by atoms with Crippen molar-refractivity contribution in [2.75, 3.05) is 39.4 Å². The number of carbonyl (C=O) groups excluding carboxylic acids is 1. The van der Waals surface area contributed by atoms with E-state index in [0.29, 0.717) is 24.7 Å². The summed E-state index contributed by atoms with van der Waals surface area (Å²) in [5.74, 6) is 0.284. The number of nitrogens with one attached hydrogen (secondary N) is 1. The molecule has 1 saturated heterocycles. The first-order valence-electron chi connectivity index (χ1n) is 11.8. The first-order chi connectivity index (χ1) is 16.6. The van der Waals surface area contributed by atoms with Crippen LogP contribution in [0.3, 0.4) is 0 Å². The number of hydrogen-bond donors (Lipinski definition) is 1. The van der Waals surface area contributed by atoms with Crippen molar-refractivity contribution in [3.05, 3.63) is 82.8 Å². The van der Waals surface area contributed by atoms with E-state index in [1.54, 1.807) is 12.4 Å². The van der Waals surface area contributed by atoms with Gasteiger partial charge in [0, 0.05) is 51.7 Å². The first-order valence-corrected chi connectivity index (χ1v) is 11.8. The van der Waals surface area contributed by atoms with Crippen LogP contribution in [0.25, 0.3) is 0 Å². The number of hydrogen-bond acceptors (Lipinski definition) is 7. The maximum absolute atomic E-state index is 12.5. The fourth-order valence-corrected chi connectivity index (χ4v) is 4.04. The number of amides is 1. The molecule has 3 aromatic rings. The normalized spacial score (nSPS) is 14.4. The van der Waals surface area contributed by atoms with Gasteiger partial charge in [-0.3, -0.25) is 19.6 Å². The molecule has 1 aromatic carbocycles. The molecule has 2 aromatic heterocycles. The largest absolute Gasteiger partial charge is 0.447 e. The summed E-state index contributed by atoms with van der Waals surface area (Å²) in [4.78, 5) is 25.8. The molecule has 1 aliphatic heterocycles. The van der Waals surface area contributed by atoms with E-state index in [0.717, 1.165) is 51.5 Å². The van der Waals surface area contributed by atoms with Gasteiger partial charge in [-0.05, 0) is 36.6 Å². The molecule has 0 aliphatic carbocycles. The Bertz CT molecular complexity index is 1060. The highest BCUT2D eigenvalue weighted by Crippen LogP contribution is 2.16. The minimum atomic E-state index is -0.256. The summed E-state index contributed by atoms with van der Waals surface area (Å²) in [6, 6.07) is 10.3. The van der Waals surface area contributed by atoms with E-state index in [4.69, 9.17) is 9.15 Å². The standard InChI is InChI=1S/C26H33N5O3/c1-20-5-6-23(21(2)14-20)17-31(9-8-30-10-12-33-13-11-30)18-25-29-24(19-34-25)26(32)28-16-22-4-3-7-27-15-22/h3-7,14-15,19H,8-13,16-18H2,1-2H3,(H,28,32). The molecule has 1 amide bonds. The highest BCUT2D eigenvalue weighted by Gasteiger charge is 2.18. The summed E-state index contributed by atoms with van der Waals surface area (Å²) in [5.41, 5.74) is 5.05. The third kappa shape index (κ3) is 6.96. The molecular weight excluding hydrogens is 430 g/mol. The van der Waals surface area contributed by atoms with Crippen molar-refractivity contribution in [2.45, 2.75) is 33.5 Å². The van der Waals surface area contributed by atoms with Gasteiger partial charge in [0.15, 0.2) is 5.69 Å². The molecule has 1 aliphatic rings. The van der Waals surface area contributed by atoms with Crippen LogP contribution in [-0.2, 0) is 24.4 Å². The lowest BCUT2D eigenvalue weighted by Gasteiger charge is -2.30. The summed E-state index contributed by atoms with van der Waals surface area (Å²) in [5, 5.41) is 2.87. The van der Waals surface area contributed by atoms with E-state index in [-0.39, 0.29) is 5.91 Å². The molecule has 1 fully saturated rings. The molecule has 0 saturated carbocycles. The molecule has 0 atom stereocenters. The van der Waals surface area contributed by atoms with Gasteiger partial charge in [-0.2, -0.15) is 0 Å². The average Bonchev–Trinajstić information content (AvgIpc) is 3.32.